The number of aryl methyl sites for hydroxylation is 1. The standard InChI is InChI=1S/C29H25FN4O2/c1-21-19-26(33-36-21)27(35)31-18-17-25-20-34(28(30)32-25)29(22-11-5-2-6-12-22,23-13-7-3-8-14-23)24-15-9-4-10-16-24/h2-16,19-20H,17-18H2,1H3,(H,31,35). The normalized spacial score (nSPS) is 11.4. The molecule has 0 saturated carbocycles. The first-order chi connectivity index (χ1) is 17.6. The molecule has 0 bridgehead atoms. The van der Waals surface area contributed by atoms with E-state index in [1.54, 1.807) is 23.8 Å². The molecular weight excluding hydrogens is 455 g/mol. The van der Waals surface area contributed by atoms with Crippen molar-refractivity contribution in [2.45, 2.75) is 18.9 Å². The van der Waals surface area contributed by atoms with Gasteiger partial charge in [0.05, 0.1) is 5.69 Å². The monoisotopic (exact) mass is 480 g/mol. The molecular formula is C29H25FN4O2. The van der Waals surface area contributed by atoms with E-state index < -0.39 is 11.6 Å². The lowest BCUT2D eigenvalue weighted by molar-refractivity contribution is 0.0945. The summed E-state index contributed by atoms with van der Waals surface area (Å²) in [6, 6.07) is 31.1. The van der Waals surface area contributed by atoms with E-state index in [4.69, 9.17) is 4.52 Å². The van der Waals surface area contributed by atoms with Crippen molar-refractivity contribution in [3.8, 4) is 0 Å². The second-order valence-electron chi connectivity index (χ2n) is 8.51. The summed E-state index contributed by atoms with van der Waals surface area (Å²) in [5.74, 6) is 0.207. The number of imidazole rings is 1. The smallest absolute Gasteiger partial charge is 0.290 e. The first-order valence-electron chi connectivity index (χ1n) is 11.7. The molecule has 5 aromatic rings. The Morgan fingerprint density at radius 1 is 0.917 bits per heavy atom. The summed E-state index contributed by atoms with van der Waals surface area (Å²) < 4.78 is 22.3. The Hall–Kier alpha value is -4.52. The molecule has 0 saturated heterocycles. The van der Waals surface area contributed by atoms with Crippen molar-refractivity contribution in [1.82, 2.24) is 20.0 Å². The molecule has 180 valence electrons. The first kappa shape index (κ1) is 23.2. The minimum atomic E-state index is -0.986. The van der Waals surface area contributed by atoms with Crippen LogP contribution in [0.1, 0.15) is 38.6 Å². The number of hydrogen-bond acceptors (Lipinski definition) is 4. The van der Waals surface area contributed by atoms with Gasteiger partial charge in [-0.15, -0.1) is 0 Å². The summed E-state index contributed by atoms with van der Waals surface area (Å²) in [5.41, 5.74) is 2.46. The average molecular weight is 481 g/mol. The molecule has 2 heterocycles. The van der Waals surface area contributed by atoms with Gasteiger partial charge in [0.25, 0.3) is 12.0 Å². The van der Waals surface area contributed by atoms with Crippen LogP contribution in [0.2, 0.25) is 0 Å². The van der Waals surface area contributed by atoms with Gasteiger partial charge in [0, 0.05) is 25.2 Å². The Labute approximate surface area is 208 Å². The molecule has 5 rings (SSSR count). The van der Waals surface area contributed by atoms with Crippen LogP contribution in [-0.2, 0) is 12.0 Å². The van der Waals surface area contributed by atoms with Gasteiger partial charge in [-0.05, 0) is 23.6 Å². The molecule has 0 fully saturated rings. The molecule has 6 nitrogen and oxygen atoms in total. The van der Waals surface area contributed by atoms with Crippen molar-refractivity contribution in [2.75, 3.05) is 6.54 Å². The van der Waals surface area contributed by atoms with Crippen molar-refractivity contribution in [1.29, 1.82) is 0 Å². The van der Waals surface area contributed by atoms with Gasteiger partial charge in [0.1, 0.15) is 11.3 Å². The van der Waals surface area contributed by atoms with E-state index in [0.29, 0.717) is 17.9 Å². The highest BCUT2D eigenvalue weighted by Gasteiger charge is 2.40. The third kappa shape index (κ3) is 4.31. The van der Waals surface area contributed by atoms with Gasteiger partial charge in [-0.3, -0.25) is 9.36 Å². The number of carbonyl (C=O) groups excluding carboxylic acids is 1. The van der Waals surface area contributed by atoms with Crippen LogP contribution in [0, 0.1) is 13.0 Å². The summed E-state index contributed by atoms with van der Waals surface area (Å²) in [6.45, 7) is 1.99. The van der Waals surface area contributed by atoms with Gasteiger partial charge in [-0.2, -0.15) is 4.39 Å². The highest BCUT2D eigenvalue weighted by atomic mass is 19.1. The van der Waals surface area contributed by atoms with Crippen molar-refractivity contribution >= 4 is 5.91 Å². The molecule has 1 amide bonds. The van der Waals surface area contributed by atoms with E-state index in [2.05, 4.69) is 15.5 Å². The summed E-state index contributed by atoms with van der Waals surface area (Å²) in [4.78, 5) is 16.5. The van der Waals surface area contributed by atoms with Crippen molar-refractivity contribution < 1.29 is 13.7 Å². The Morgan fingerprint density at radius 2 is 1.44 bits per heavy atom. The number of rotatable bonds is 8. The lowest BCUT2D eigenvalue weighted by Gasteiger charge is -2.37. The molecule has 7 heteroatoms. The lowest BCUT2D eigenvalue weighted by Crippen LogP contribution is -2.38. The van der Waals surface area contributed by atoms with E-state index in [1.807, 2.05) is 91.0 Å². The second-order valence-corrected chi connectivity index (χ2v) is 8.51. The fraction of sp³-hybridized carbons (Fsp3) is 0.138. The predicted octanol–water partition coefficient (Wildman–Crippen LogP) is 5.13. The maximum absolute atomic E-state index is 15.8. The minimum absolute atomic E-state index is 0.209. The topological polar surface area (TPSA) is 73.0 Å². The number of benzene rings is 3. The van der Waals surface area contributed by atoms with Crippen molar-refractivity contribution in [3.63, 3.8) is 0 Å². The average Bonchev–Trinajstić information content (AvgIpc) is 3.52. The molecule has 0 aliphatic rings. The summed E-state index contributed by atoms with van der Waals surface area (Å²) in [7, 11) is 0. The number of halogens is 1. The molecule has 3 aromatic carbocycles. The minimum Gasteiger partial charge on any atom is -0.361 e. The Balaban J connectivity index is 1.55. The van der Waals surface area contributed by atoms with Crippen LogP contribution >= 0.6 is 0 Å². The number of amides is 1. The first-order valence-corrected chi connectivity index (χ1v) is 11.7. The molecule has 2 aromatic heterocycles. The zero-order chi connectivity index (χ0) is 25.0. The van der Waals surface area contributed by atoms with Crippen LogP contribution in [0.15, 0.2) is 108 Å². The summed E-state index contributed by atoms with van der Waals surface area (Å²) in [6.07, 6.45) is 1.47. The molecule has 1 N–H and O–H groups in total. The fourth-order valence-corrected chi connectivity index (χ4v) is 4.58. The fourth-order valence-electron chi connectivity index (χ4n) is 4.58. The van der Waals surface area contributed by atoms with Crippen molar-refractivity contribution in [3.05, 3.63) is 143 Å². The maximum Gasteiger partial charge on any atom is 0.290 e. The number of nitrogens with zero attached hydrogens (tertiary/aromatic N) is 3. The molecule has 36 heavy (non-hydrogen) atoms. The Kier molecular flexibility index (Phi) is 6.45. The lowest BCUT2D eigenvalue weighted by atomic mass is 9.76. The van der Waals surface area contributed by atoms with Crippen molar-refractivity contribution in [2.24, 2.45) is 0 Å². The van der Waals surface area contributed by atoms with Crippen LogP contribution < -0.4 is 5.32 Å². The number of aromatic nitrogens is 3. The van der Waals surface area contributed by atoms with E-state index in [1.165, 1.54) is 0 Å². The zero-order valence-electron chi connectivity index (χ0n) is 19.8. The zero-order valence-corrected chi connectivity index (χ0v) is 19.8. The van der Waals surface area contributed by atoms with Gasteiger partial charge in [0.15, 0.2) is 5.69 Å². The van der Waals surface area contributed by atoms with Gasteiger partial charge in [-0.1, -0.05) is 96.2 Å². The number of carbonyl (C=O) groups is 1. The SMILES string of the molecule is Cc1cc(C(=O)NCCc2cn(C(c3ccccc3)(c3ccccc3)c3ccccc3)c(F)n2)no1. The Bertz CT molecular complexity index is 1350. The Morgan fingerprint density at radius 3 is 1.92 bits per heavy atom. The molecule has 0 unspecified atom stereocenters. The van der Waals surface area contributed by atoms with E-state index >= 15 is 4.39 Å². The third-order valence-electron chi connectivity index (χ3n) is 6.18. The third-order valence-corrected chi connectivity index (χ3v) is 6.18. The van der Waals surface area contributed by atoms with Gasteiger partial charge in [-0.25, -0.2) is 4.98 Å². The largest absolute Gasteiger partial charge is 0.361 e. The maximum atomic E-state index is 15.8. The van der Waals surface area contributed by atoms with Crippen LogP contribution in [0.3, 0.4) is 0 Å². The van der Waals surface area contributed by atoms with Gasteiger partial charge >= 0.3 is 0 Å². The number of hydrogen-bond donors (Lipinski definition) is 1. The van der Waals surface area contributed by atoms with Crippen LogP contribution in [0.25, 0.3) is 0 Å². The van der Waals surface area contributed by atoms with Crippen LogP contribution in [0.5, 0.6) is 0 Å². The molecule has 0 aliphatic heterocycles. The highest BCUT2D eigenvalue weighted by molar-refractivity contribution is 5.92. The van der Waals surface area contributed by atoms with E-state index in [9.17, 15) is 4.79 Å². The number of nitrogens with one attached hydrogen (secondary N) is 1. The molecule has 0 spiro atoms. The molecule has 0 atom stereocenters. The van der Waals surface area contributed by atoms with Crippen LogP contribution in [0.4, 0.5) is 4.39 Å². The van der Waals surface area contributed by atoms with Gasteiger partial charge in [0.2, 0.25) is 0 Å². The van der Waals surface area contributed by atoms with E-state index in [-0.39, 0.29) is 18.1 Å². The van der Waals surface area contributed by atoms with E-state index in [0.717, 1.165) is 16.7 Å². The summed E-state index contributed by atoms with van der Waals surface area (Å²) in [5, 5.41) is 6.52. The quantitative estimate of drug-likeness (QED) is 0.313. The summed E-state index contributed by atoms with van der Waals surface area (Å²) >= 11 is 0. The highest BCUT2D eigenvalue weighted by Crippen LogP contribution is 2.41. The van der Waals surface area contributed by atoms with Gasteiger partial charge < -0.3 is 9.84 Å². The molecule has 0 aliphatic carbocycles. The second kappa shape index (κ2) is 10.00. The molecule has 0 radical (unpaired) electrons. The van der Waals surface area contributed by atoms with Crippen LogP contribution in [-0.4, -0.2) is 27.2 Å². The predicted molar refractivity (Wildman–Crippen MR) is 134 cm³/mol.